The number of hydrogen-bond acceptors (Lipinski definition) is 4. The van der Waals surface area contributed by atoms with Gasteiger partial charge in [0.05, 0.1) is 23.6 Å². The molecule has 3 N–H and O–H groups in total. The Bertz CT molecular complexity index is 684. The number of aromatic nitrogens is 3. The van der Waals surface area contributed by atoms with Crippen LogP contribution in [0, 0.1) is 0 Å². The van der Waals surface area contributed by atoms with Crippen LogP contribution in [-0.4, -0.2) is 38.8 Å². The van der Waals surface area contributed by atoms with E-state index in [9.17, 15) is 18.0 Å². The standard InChI is InChI=1S/C13H14F3N5O2/c1-8(22)6-17-12(23)18-11-7-21(20-19-11)10-5-3-2-4-9(10)13(14,15)16/h2-5,7-8,22H,6H2,1H3,(H2,17,18,23)/t8-/m1/s1. The molecule has 2 amide bonds. The zero-order valence-electron chi connectivity index (χ0n) is 12.0. The number of halogens is 3. The Labute approximate surface area is 129 Å². The van der Waals surface area contributed by atoms with Crippen LogP contribution >= 0.6 is 0 Å². The normalized spacial score (nSPS) is 12.7. The fourth-order valence-corrected chi connectivity index (χ4v) is 1.75. The molecular formula is C13H14F3N5O2. The van der Waals surface area contributed by atoms with Gasteiger partial charge in [0.1, 0.15) is 0 Å². The summed E-state index contributed by atoms with van der Waals surface area (Å²) >= 11 is 0. The van der Waals surface area contributed by atoms with E-state index in [1.54, 1.807) is 0 Å². The first-order valence-electron chi connectivity index (χ1n) is 6.59. The average molecular weight is 329 g/mol. The van der Waals surface area contributed by atoms with Gasteiger partial charge in [0.2, 0.25) is 0 Å². The van der Waals surface area contributed by atoms with E-state index < -0.39 is 23.9 Å². The van der Waals surface area contributed by atoms with Gasteiger partial charge in [0, 0.05) is 6.54 Å². The van der Waals surface area contributed by atoms with Gasteiger partial charge in [-0.05, 0) is 19.1 Å². The molecule has 0 aliphatic heterocycles. The highest BCUT2D eigenvalue weighted by Crippen LogP contribution is 2.33. The highest BCUT2D eigenvalue weighted by atomic mass is 19.4. The zero-order valence-corrected chi connectivity index (χ0v) is 12.0. The number of benzene rings is 1. The van der Waals surface area contributed by atoms with Crippen molar-refractivity contribution in [1.82, 2.24) is 20.3 Å². The predicted molar refractivity (Wildman–Crippen MR) is 75.1 cm³/mol. The molecule has 0 fully saturated rings. The largest absolute Gasteiger partial charge is 0.418 e. The summed E-state index contributed by atoms with van der Waals surface area (Å²) in [5, 5.41) is 20.9. The number of aliphatic hydroxyl groups is 1. The summed E-state index contributed by atoms with van der Waals surface area (Å²) in [7, 11) is 0. The van der Waals surface area contributed by atoms with E-state index in [1.807, 2.05) is 0 Å². The molecule has 1 atom stereocenters. The second kappa shape index (κ2) is 6.65. The summed E-state index contributed by atoms with van der Waals surface area (Å²) in [4.78, 5) is 11.5. The summed E-state index contributed by atoms with van der Waals surface area (Å²) < 4.78 is 39.8. The number of rotatable bonds is 4. The molecule has 0 radical (unpaired) electrons. The Balaban J connectivity index is 2.16. The lowest BCUT2D eigenvalue weighted by Crippen LogP contribution is -2.34. The highest BCUT2D eigenvalue weighted by Gasteiger charge is 2.34. The Morgan fingerprint density at radius 1 is 1.39 bits per heavy atom. The van der Waals surface area contributed by atoms with Crippen LogP contribution in [0.1, 0.15) is 12.5 Å². The van der Waals surface area contributed by atoms with E-state index in [0.29, 0.717) is 0 Å². The van der Waals surface area contributed by atoms with Gasteiger partial charge >= 0.3 is 12.2 Å². The van der Waals surface area contributed by atoms with Gasteiger partial charge in [-0.1, -0.05) is 17.3 Å². The number of para-hydroxylation sites is 1. The van der Waals surface area contributed by atoms with Crippen molar-refractivity contribution in [3.05, 3.63) is 36.0 Å². The van der Waals surface area contributed by atoms with Crippen molar-refractivity contribution >= 4 is 11.8 Å². The smallest absolute Gasteiger partial charge is 0.392 e. The second-order valence-corrected chi connectivity index (χ2v) is 4.75. The van der Waals surface area contributed by atoms with Crippen LogP contribution in [0.25, 0.3) is 5.69 Å². The molecule has 0 unspecified atom stereocenters. The maximum Gasteiger partial charge on any atom is 0.418 e. The van der Waals surface area contributed by atoms with E-state index in [-0.39, 0.29) is 18.1 Å². The summed E-state index contributed by atoms with van der Waals surface area (Å²) in [5.74, 6) is -0.0231. The van der Waals surface area contributed by atoms with Crippen LogP contribution in [0.2, 0.25) is 0 Å². The van der Waals surface area contributed by atoms with E-state index in [2.05, 4.69) is 20.9 Å². The number of urea groups is 1. The first kappa shape index (κ1) is 16.7. The third-order valence-corrected chi connectivity index (χ3v) is 2.75. The lowest BCUT2D eigenvalue weighted by molar-refractivity contribution is -0.137. The Kier molecular flexibility index (Phi) is 4.84. The molecular weight excluding hydrogens is 315 g/mol. The molecule has 0 saturated carbocycles. The van der Waals surface area contributed by atoms with Gasteiger partial charge in [-0.2, -0.15) is 13.2 Å². The van der Waals surface area contributed by atoms with Crippen LogP contribution in [0.4, 0.5) is 23.8 Å². The van der Waals surface area contributed by atoms with Gasteiger partial charge in [-0.15, -0.1) is 5.10 Å². The summed E-state index contributed by atoms with van der Waals surface area (Å²) in [6, 6.07) is 4.23. The van der Waals surface area contributed by atoms with Crippen LogP contribution in [0.5, 0.6) is 0 Å². The van der Waals surface area contributed by atoms with Gasteiger partial charge in [0.25, 0.3) is 0 Å². The lowest BCUT2D eigenvalue weighted by Gasteiger charge is -2.11. The highest BCUT2D eigenvalue weighted by molar-refractivity contribution is 5.87. The molecule has 0 aliphatic carbocycles. The van der Waals surface area contributed by atoms with Crippen molar-refractivity contribution in [1.29, 1.82) is 0 Å². The third-order valence-electron chi connectivity index (χ3n) is 2.75. The number of nitrogens with zero attached hydrogens (tertiary/aromatic N) is 3. The number of carbonyl (C=O) groups is 1. The average Bonchev–Trinajstić information content (AvgIpc) is 2.92. The van der Waals surface area contributed by atoms with Gasteiger partial charge in [0.15, 0.2) is 5.82 Å². The first-order chi connectivity index (χ1) is 10.8. The third kappa shape index (κ3) is 4.42. The lowest BCUT2D eigenvalue weighted by atomic mass is 10.2. The second-order valence-electron chi connectivity index (χ2n) is 4.75. The molecule has 7 nitrogen and oxygen atoms in total. The van der Waals surface area contributed by atoms with Gasteiger partial charge in [-0.25, -0.2) is 9.48 Å². The minimum absolute atomic E-state index is 0.0231. The van der Waals surface area contributed by atoms with Crippen LogP contribution in [-0.2, 0) is 6.18 Å². The summed E-state index contributed by atoms with van der Waals surface area (Å²) in [5.41, 5.74) is -1.07. The van der Waals surface area contributed by atoms with Crippen molar-refractivity contribution in [3.8, 4) is 5.69 Å². The summed E-state index contributed by atoms with van der Waals surface area (Å²) in [6.45, 7) is 1.52. The van der Waals surface area contributed by atoms with Crippen molar-refractivity contribution in [2.45, 2.75) is 19.2 Å². The topological polar surface area (TPSA) is 92.1 Å². The minimum Gasteiger partial charge on any atom is -0.392 e. The predicted octanol–water partition coefficient (Wildman–Crippen LogP) is 1.79. The van der Waals surface area contributed by atoms with E-state index in [1.165, 1.54) is 25.1 Å². The molecule has 0 aliphatic rings. The maximum absolute atomic E-state index is 13.0. The monoisotopic (exact) mass is 329 g/mol. The fraction of sp³-hybridized carbons (Fsp3) is 0.308. The molecule has 0 saturated heterocycles. The molecule has 1 aromatic heterocycles. The van der Waals surface area contributed by atoms with Crippen molar-refractivity contribution in [3.63, 3.8) is 0 Å². The molecule has 23 heavy (non-hydrogen) atoms. The van der Waals surface area contributed by atoms with E-state index in [0.717, 1.165) is 16.9 Å². The molecule has 1 heterocycles. The number of carbonyl (C=O) groups excluding carboxylic acids is 1. The number of aliphatic hydroxyl groups excluding tert-OH is 1. The van der Waals surface area contributed by atoms with Crippen molar-refractivity contribution in [2.24, 2.45) is 0 Å². The zero-order chi connectivity index (χ0) is 17.0. The van der Waals surface area contributed by atoms with Crippen LogP contribution in [0.3, 0.4) is 0 Å². The van der Waals surface area contributed by atoms with E-state index in [4.69, 9.17) is 5.11 Å². The molecule has 124 valence electrons. The SMILES string of the molecule is C[C@@H](O)CNC(=O)Nc1cn(-c2ccccc2C(F)(F)F)nn1. The number of nitrogens with one attached hydrogen (secondary N) is 2. The summed E-state index contributed by atoms with van der Waals surface area (Å²) in [6.07, 6.45) is -4.10. The number of amides is 2. The minimum atomic E-state index is -4.54. The number of anilines is 1. The molecule has 2 rings (SSSR count). The van der Waals surface area contributed by atoms with Gasteiger partial charge in [-0.3, -0.25) is 5.32 Å². The maximum atomic E-state index is 13.0. The van der Waals surface area contributed by atoms with Crippen LogP contribution < -0.4 is 10.6 Å². The molecule has 1 aromatic carbocycles. The first-order valence-corrected chi connectivity index (χ1v) is 6.59. The Hall–Kier alpha value is -2.62. The fourth-order valence-electron chi connectivity index (χ4n) is 1.75. The van der Waals surface area contributed by atoms with Crippen molar-refractivity contribution in [2.75, 3.05) is 11.9 Å². The molecule has 10 heteroatoms. The Morgan fingerprint density at radius 3 is 2.74 bits per heavy atom. The quantitative estimate of drug-likeness (QED) is 0.797. The van der Waals surface area contributed by atoms with Crippen LogP contribution in [0.15, 0.2) is 30.5 Å². The van der Waals surface area contributed by atoms with Gasteiger partial charge < -0.3 is 10.4 Å². The molecule has 2 aromatic rings. The molecule has 0 spiro atoms. The molecule has 0 bridgehead atoms. The van der Waals surface area contributed by atoms with Crippen molar-refractivity contribution < 1.29 is 23.1 Å². The Morgan fingerprint density at radius 2 is 2.09 bits per heavy atom. The number of hydrogen-bond donors (Lipinski definition) is 3. The van der Waals surface area contributed by atoms with E-state index >= 15 is 0 Å². The number of alkyl halides is 3.